The topological polar surface area (TPSA) is 0 Å². The largest absolute Gasteiger partial charge is 0.147 e. The molecule has 0 aliphatic rings. The zero-order valence-corrected chi connectivity index (χ0v) is 9.25. The van der Waals surface area contributed by atoms with Crippen LogP contribution < -0.4 is 0 Å². The molecular weight excluding hydrogens is 285 g/mol. The Labute approximate surface area is 70.7 Å². The van der Waals surface area contributed by atoms with Crippen molar-refractivity contribution in [1.82, 2.24) is 0 Å². The van der Waals surface area contributed by atoms with Gasteiger partial charge >= 0.3 is 0 Å². The normalized spacial score (nSPS) is 3.00. The maximum absolute atomic E-state index is 2.12. The number of rotatable bonds is 0. The Morgan fingerprint density at radius 3 is 1.00 bits per heavy atom. The molecule has 0 saturated carbocycles. The van der Waals surface area contributed by atoms with Gasteiger partial charge in [0.1, 0.15) is 0 Å². The van der Waals surface area contributed by atoms with Crippen LogP contribution in [-0.4, -0.2) is 0 Å². The van der Waals surface area contributed by atoms with Crippen molar-refractivity contribution in [2.45, 2.75) is 20.3 Å². The van der Waals surface area contributed by atoms with Gasteiger partial charge in [0.2, 0.25) is 0 Å². The fourth-order valence-corrected chi connectivity index (χ4v) is 0. The Bertz CT molecular complexity index is 8.75. The summed E-state index contributed by atoms with van der Waals surface area (Å²) in [4.78, 5) is 0. The summed E-state index contributed by atoms with van der Waals surface area (Å²) in [6.07, 6.45) is 1.25. The van der Waals surface area contributed by atoms with E-state index < -0.39 is 0 Å². The second-order valence-electron chi connectivity index (χ2n) is 0.707. The second-order valence-corrected chi connectivity index (χ2v) is 0.707. The van der Waals surface area contributed by atoms with E-state index in [0.717, 1.165) is 0 Å². The van der Waals surface area contributed by atoms with Gasteiger partial charge in [-0.05, 0) is 0 Å². The summed E-state index contributed by atoms with van der Waals surface area (Å²) in [6, 6.07) is 0. The Morgan fingerprint density at radius 2 is 1.00 bits per heavy atom. The summed E-state index contributed by atoms with van der Waals surface area (Å²) in [5.74, 6) is 0. The van der Waals surface area contributed by atoms with Gasteiger partial charge < -0.3 is 0 Å². The molecule has 0 unspecified atom stereocenters. The molecule has 0 radical (unpaired) electrons. The van der Waals surface area contributed by atoms with Gasteiger partial charge in [-0.2, -0.15) is 0 Å². The summed E-state index contributed by atoms with van der Waals surface area (Å²) >= 11 is 0. The zero-order chi connectivity index (χ0) is 2.71. The van der Waals surface area contributed by atoms with E-state index in [4.69, 9.17) is 0 Å². The van der Waals surface area contributed by atoms with Crippen LogP contribution in [0.5, 0.6) is 0 Å². The third kappa shape index (κ3) is 51.3. The van der Waals surface area contributed by atoms with Crippen molar-refractivity contribution in [3.8, 4) is 0 Å². The van der Waals surface area contributed by atoms with Crippen LogP contribution in [-0.2, 0) is 25.8 Å². The van der Waals surface area contributed by atoms with Crippen molar-refractivity contribution in [2.75, 3.05) is 0 Å². The molecule has 0 fully saturated rings. The van der Waals surface area contributed by atoms with E-state index >= 15 is 0 Å². The monoisotopic (exact) mass is 296 g/mol. The Morgan fingerprint density at radius 1 is 1.00 bits per heavy atom. The number of halogens is 2. The molecule has 0 aromatic rings. The van der Waals surface area contributed by atoms with E-state index in [1.807, 2.05) is 0 Å². The molecule has 0 aromatic carbocycles. The summed E-state index contributed by atoms with van der Waals surface area (Å²) in [7, 11) is 0. The molecule has 0 heterocycles. The Balaban J connectivity index is -0.00000000667. The van der Waals surface area contributed by atoms with E-state index in [1.165, 1.54) is 6.42 Å². The van der Waals surface area contributed by atoms with Crippen LogP contribution in [0.25, 0.3) is 0 Å². The first-order valence-corrected chi connectivity index (χ1v) is 1.41. The molecule has 0 atom stereocenters. The minimum Gasteiger partial charge on any atom is -0.147 e. The molecule has 0 aliphatic heterocycles. The van der Waals surface area contributed by atoms with Gasteiger partial charge in [-0.25, -0.2) is 0 Å². The Hall–Kier alpha value is 1.45. The summed E-state index contributed by atoms with van der Waals surface area (Å²) in [6.45, 7) is 4.25. The maximum atomic E-state index is 2.12. The average molecular weight is 296 g/mol. The standard InChI is InChI=1S/C3H8.2ClH.Hf/c1-3-2;;;/h3H2,1-2H3;2*1H;. The molecule has 3 heteroatoms. The molecule has 0 spiro atoms. The summed E-state index contributed by atoms with van der Waals surface area (Å²) < 4.78 is 0. The van der Waals surface area contributed by atoms with Gasteiger partial charge in [-0.15, -0.1) is 24.8 Å². The first kappa shape index (κ1) is 26.0. The van der Waals surface area contributed by atoms with Crippen molar-refractivity contribution in [1.29, 1.82) is 0 Å². The van der Waals surface area contributed by atoms with E-state index in [9.17, 15) is 0 Å². The van der Waals surface area contributed by atoms with Crippen molar-refractivity contribution in [3.05, 3.63) is 0 Å². The van der Waals surface area contributed by atoms with Crippen LogP contribution in [0.15, 0.2) is 0 Å². The molecule has 6 heavy (non-hydrogen) atoms. The van der Waals surface area contributed by atoms with Crippen LogP contribution in [0.4, 0.5) is 0 Å². The Kier molecular flexibility index (Phi) is 139. The van der Waals surface area contributed by atoms with Gasteiger partial charge in [0.25, 0.3) is 0 Å². The van der Waals surface area contributed by atoms with Gasteiger partial charge in [0.15, 0.2) is 0 Å². The van der Waals surface area contributed by atoms with Crippen LogP contribution in [0.2, 0.25) is 0 Å². The van der Waals surface area contributed by atoms with Gasteiger partial charge in [0.05, 0.1) is 0 Å². The second kappa shape index (κ2) is 31.9. The predicted octanol–water partition coefficient (Wildman–Crippen LogP) is 2.26. The minimum absolute atomic E-state index is 0. The molecule has 0 aliphatic carbocycles. The molecule has 0 amide bonds. The fraction of sp³-hybridized carbons (Fsp3) is 1.00. The van der Waals surface area contributed by atoms with Crippen LogP contribution in [0.1, 0.15) is 20.3 Å². The molecule has 0 aromatic heterocycles. The minimum atomic E-state index is 0. The van der Waals surface area contributed by atoms with E-state index in [-0.39, 0.29) is 50.7 Å². The van der Waals surface area contributed by atoms with E-state index in [1.54, 1.807) is 0 Å². The molecule has 0 saturated heterocycles. The van der Waals surface area contributed by atoms with Crippen LogP contribution in [0.3, 0.4) is 0 Å². The van der Waals surface area contributed by atoms with Crippen molar-refractivity contribution >= 4 is 24.8 Å². The average Bonchev–Trinajstić information content (AvgIpc) is 0.918. The smallest absolute Gasteiger partial charge is 0 e. The maximum Gasteiger partial charge on any atom is 0 e. The van der Waals surface area contributed by atoms with Crippen LogP contribution >= 0.6 is 24.8 Å². The van der Waals surface area contributed by atoms with Gasteiger partial charge in [-0.3, -0.25) is 0 Å². The SMILES string of the molecule is CCC.Cl.Cl.[Hf]. The van der Waals surface area contributed by atoms with Gasteiger partial charge in [-0.1, -0.05) is 20.3 Å². The van der Waals surface area contributed by atoms with E-state index in [0.29, 0.717) is 0 Å². The molecule has 0 rings (SSSR count). The molecule has 0 nitrogen and oxygen atoms in total. The molecule has 0 bridgehead atoms. The quantitative estimate of drug-likeness (QED) is 0.601. The van der Waals surface area contributed by atoms with Crippen LogP contribution in [0, 0.1) is 0 Å². The zero-order valence-electron chi connectivity index (χ0n) is 4.02. The predicted molar refractivity (Wildman–Crippen MR) is 30.5 cm³/mol. The van der Waals surface area contributed by atoms with E-state index in [2.05, 4.69) is 13.8 Å². The van der Waals surface area contributed by atoms with Crippen molar-refractivity contribution < 1.29 is 25.8 Å². The first-order valence-electron chi connectivity index (χ1n) is 1.41. The summed E-state index contributed by atoms with van der Waals surface area (Å²) in [5.41, 5.74) is 0. The summed E-state index contributed by atoms with van der Waals surface area (Å²) in [5, 5.41) is 0. The number of hydrogen-bond donors (Lipinski definition) is 0. The van der Waals surface area contributed by atoms with Gasteiger partial charge in [0, 0.05) is 25.8 Å². The molecule has 0 N–H and O–H groups in total. The molecular formula is C3H10Cl2Hf. The van der Waals surface area contributed by atoms with Crippen molar-refractivity contribution in [3.63, 3.8) is 0 Å². The van der Waals surface area contributed by atoms with Crippen molar-refractivity contribution in [2.24, 2.45) is 0 Å². The fourth-order valence-electron chi connectivity index (χ4n) is 0. The first-order chi connectivity index (χ1) is 1.41. The molecule has 40 valence electrons. The third-order valence-electron chi connectivity index (χ3n) is 0. The third-order valence-corrected chi connectivity index (χ3v) is 0. The number of hydrogen-bond acceptors (Lipinski definition) is 0.